The molecule has 0 saturated heterocycles. The van der Waals surface area contributed by atoms with Crippen LogP contribution in [0.2, 0.25) is 0 Å². The Hall–Kier alpha value is 0.266. The number of hydrogen-bond donors (Lipinski definition) is 1. The third-order valence-corrected chi connectivity index (χ3v) is 1.80. The smallest absolute Gasteiger partial charge is 0.218 e. The summed E-state index contributed by atoms with van der Waals surface area (Å²) in [6, 6.07) is 0. The molecule has 13 heavy (non-hydrogen) atoms. The van der Waals surface area contributed by atoms with Gasteiger partial charge in [0.1, 0.15) is 0 Å². The molecule has 0 aliphatic heterocycles. The van der Waals surface area contributed by atoms with Crippen molar-refractivity contribution < 1.29 is 56.4 Å². The summed E-state index contributed by atoms with van der Waals surface area (Å²) in [5.74, 6) is 0. The van der Waals surface area contributed by atoms with E-state index in [4.69, 9.17) is 0 Å². The van der Waals surface area contributed by atoms with Gasteiger partial charge in [-0.2, -0.15) is 0 Å². The van der Waals surface area contributed by atoms with Crippen molar-refractivity contribution in [3.8, 4) is 0 Å². The summed E-state index contributed by atoms with van der Waals surface area (Å²) in [6.07, 6.45) is 12.1. The predicted octanol–water partition coefficient (Wildman–Crippen LogP) is -1.88. The largest absolute Gasteiger partial charge is 1.00 e. The molecule has 2 heteroatoms. The first-order valence-electron chi connectivity index (χ1n) is 4.09. The maximum absolute atomic E-state index is 3.95. The first kappa shape index (κ1) is 13.3. The molecule has 1 rings (SSSR count). The van der Waals surface area contributed by atoms with Gasteiger partial charge in [-0.05, 0) is 25.0 Å². The Balaban J connectivity index is 0.00000144. The Morgan fingerprint density at radius 1 is 1.54 bits per heavy atom. The van der Waals surface area contributed by atoms with E-state index in [1.807, 2.05) is 6.21 Å². The van der Waals surface area contributed by atoms with Crippen molar-refractivity contribution >= 4 is 6.21 Å². The van der Waals surface area contributed by atoms with Crippen LogP contribution >= 0.6 is 0 Å². The van der Waals surface area contributed by atoms with Crippen LogP contribution in [0, 0.1) is 0 Å². The van der Waals surface area contributed by atoms with Crippen molar-refractivity contribution in [3.63, 3.8) is 0 Å². The van der Waals surface area contributed by atoms with Crippen LogP contribution in [0.3, 0.4) is 0 Å². The third-order valence-electron chi connectivity index (χ3n) is 1.80. The average molecular weight is 199 g/mol. The van der Waals surface area contributed by atoms with Crippen molar-refractivity contribution in [2.45, 2.75) is 12.8 Å². The van der Waals surface area contributed by atoms with Crippen LogP contribution < -0.4 is 56.4 Å². The van der Waals surface area contributed by atoms with E-state index < -0.39 is 0 Å². The summed E-state index contributed by atoms with van der Waals surface area (Å²) in [4.78, 5) is 2.92. The average Bonchev–Trinajstić information content (AvgIpc) is 2.15. The molecule has 1 aliphatic rings. The number of rotatable bonds is 3. The normalized spacial score (nSPS) is 14.9. The summed E-state index contributed by atoms with van der Waals surface area (Å²) in [6.45, 7) is 7.51. The van der Waals surface area contributed by atoms with Crippen molar-refractivity contribution in [1.82, 2.24) is 0 Å². The van der Waals surface area contributed by atoms with Gasteiger partial charge in [-0.25, -0.2) is 4.99 Å². The Labute approximate surface area is 122 Å². The second-order valence-electron chi connectivity index (χ2n) is 2.70. The monoisotopic (exact) mass is 199 g/mol. The fourth-order valence-corrected chi connectivity index (χ4v) is 1.12. The zero-order valence-electron chi connectivity index (χ0n) is 8.22. The Morgan fingerprint density at radius 2 is 2.31 bits per heavy atom. The van der Waals surface area contributed by atoms with E-state index in [0.29, 0.717) is 0 Å². The van der Waals surface area contributed by atoms with Gasteiger partial charge in [-0.3, -0.25) is 0 Å². The maximum Gasteiger partial charge on any atom is 1.00 e. The van der Waals surface area contributed by atoms with E-state index in [2.05, 4.69) is 36.4 Å². The Morgan fingerprint density at radius 3 is 2.85 bits per heavy atom. The van der Waals surface area contributed by atoms with Gasteiger partial charge in [0.25, 0.3) is 0 Å². The van der Waals surface area contributed by atoms with Gasteiger partial charge in [-0.15, -0.1) is 0 Å². The van der Waals surface area contributed by atoms with E-state index in [9.17, 15) is 0 Å². The molecule has 1 aliphatic carbocycles. The van der Waals surface area contributed by atoms with Crippen LogP contribution in [0.15, 0.2) is 48.7 Å². The standard InChI is InChI=1S/C11H13N.K/c1-3-12-9-10(2)11-7-5-4-6-8-11;/h3-5,7,9H,1-2,6,8H2;/q;+1/p+1. The van der Waals surface area contributed by atoms with E-state index in [1.165, 1.54) is 5.57 Å². The van der Waals surface area contributed by atoms with Crippen molar-refractivity contribution in [3.05, 3.63) is 48.7 Å². The molecular formula is C11H14KN+2. The molecule has 1 nitrogen and oxygen atoms in total. The van der Waals surface area contributed by atoms with Crippen molar-refractivity contribution in [2.24, 2.45) is 0 Å². The van der Waals surface area contributed by atoms with E-state index >= 15 is 0 Å². The van der Waals surface area contributed by atoms with Crippen LogP contribution in [0.5, 0.6) is 0 Å². The van der Waals surface area contributed by atoms with Gasteiger partial charge in [-0.1, -0.05) is 24.8 Å². The van der Waals surface area contributed by atoms with Crippen LogP contribution in [0.4, 0.5) is 0 Å². The minimum absolute atomic E-state index is 0. The molecule has 1 N–H and O–H groups in total. The van der Waals surface area contributed by atoms with Crippen LogP contribution in [0.25, 0.3) is 0 Å². The number of allylic oxidation sites excluding steroid dienone is 5. The van der Waals surface area contributed by atoms with Gasteiger partial charge in [0, 0.05) is 5.57 Å². The zero-order valence-corrected chi connectivity index (χ0v) is 11.3. The maximum atomic E-state index is 3.95. The van der Waals surface area contributed by atoms with Gasteiger partial charge >= 0.3 is 51.4 Å². The van der Waals surface area contributed by atoms with Crippen LogP contribution in [-0.4, -0.2) is 6.21 Å². The quantitative estimate of drug-likeness (QED) is 0.404. The first-order chi connectivity index (χ1) is 5.84. The van der Waals surface area contributed by atoms with E-state index in [-0.39, 0.29) is 51.4 Å². The second-order valence-corrected chi connectivity index (χ2v) is 2.70. The fourth-order valence-electron chi connectivity index (χ4n) is 1.12. The second kappa shape index (κ2) is 7.65. The molecule has 0 spiro atoms. The zero-order chi connectivity index (χ0) is 8.81. The molecule has 0 saturated carbocycles. The van der Waals surface area contributed by atoms with E-state index in [0.717, 1.165) is 18.4 Å². The van der Waals surface area contributed by atoms with Gasteiger partial charge in [0.2, 0.25) is 0 Å². The fraction of sp³-hybridized carbons (Fsp3) is 0.182. The van der Waals surface area contributed by atoms with Gasteiger partial charge in [0.05, 0.1) is 0 Å². The van der Waals surface area contributed by atoms with E-state index in [1.54, 1.807) is 6.20 Å². The molecule has 0 unspecified atom stereocenters. The predicted molar refractivity (Wildman–Crippen MR) is 52.8 cm³/mol. The van der Waals surface area contributed by atoms with Gasteiger partial charge < -0.3 is 0 Å². The molecule has 0 radical (unpaired) electrons. The SMILES string of the molecule is C=C[NH+]=CC(=C)C1=CC=CCC1.[K+]. The molecule has 0 aromatic rings. The molecule has 0 fully saturated rings. The van der Waals surface area contributed by atoms with Crippen molar-refractivity contribution in [2.75, 3.05) is 0 Å². The molecule has 0 heterocycles. The Kier molecular flexibility index (Phi) is 7.81. The molecule has 0 aromatic carbocycles. The summed E-state index contributed by atoms with van der Waals surface area (Å²) < 4.78 is 0. The third kappa shape index (κ3) is 4.89. The summed E-state index contributed by atoms with van der Waals surface area (Å²) in [5, 5.41) is 0. The van der Waals surface area contributed by atoms with Crippen LogP contribution in [0.1, 0.15) is 12.8 Å². The molecule has 0 atom stereocenters. The summed E-state index contributed by atoms with van der Waals surface area (Å²) in [5.41, 5.74) is 2.34. The summed E-state index contributed by atoms with van der Waals surface area (Å²) in [7, 11) is 0. The molecular weight excluding hydrogens is 185 g/mol. The number of nitrogens with one attached hydrogen (secondary N) is 1. The number of hydrogen-bond acceptors (Lipinski definition) is 0. The summed E-state index contributed by atoms with van der Waals surface area (Å²) >= 11 is 0. The minimum Gasteiger partial charge on any atom is -0.218 e. The first-order valence-corrected chi connectivity index (χ1v) is 4.09. The molecule has 62 valence electrons. The molecule has 0 amide bonds. The molecule has 0 aromatic heterocycles. The Bertz CT molecular complexity index is 272. The van der Waals surface area contributed by atoms with Gasteiger partial charge in [0.15, 0.2) is 12.4 Å². The van der Waals surface area contributed by atoms with Crippen LogP contribution in [-0.2, 0) is 0 Å². The topological polar surface area (TPSA) is 14.0 Å². The minimum atomic E-state index is 0. The van der Waals surface area contributed by atoms with Crippen molar-refractivity contribution in [1.29, 1.82) is 0 Å². The molecule has 0 bridgehead atoms.